The second-order valence-electron chi connectivity index (χ2n) is 5.52. The van der Waals surface area contributed by atoms with Gasteiger partial charge in [-0.15, -0.1) is 11.8 Å². The van der Waals surface area contributed by atoms with Crippen LogP contribution in [0.3, 0.4) is 0 Å². The first-order chi connectivity index (χ1) is 10.6. The van der Waals surface area contributed by atoms with Gasteiger partial charge in [-0.3, -0.25) is 10.1 Å². The first-order valence-electron chi connectivity index (χ1n) is 7.52. The van der Waals surface area contributed by atoms with Gasteiger partial charge in [0.2, 0.25) is 5.91 Å². The summed E-state index contributed by atoms with van der Waals surface area (Å²) in [5, 5.41) is 3.16. The van der Waals surface area contributed by atoms with E-state index in [1.807, 2.05) is 0 Å². The summed E-state index contributed by atoms with van der Waals surface area (Å²) in [6.07, 6.45) is 0. The van der Waals surface area contributed by atoms with Gasteiger partial charge in [-0.1, -0.05) is 0 Å². The fourth-order valence-electron chi connectivity index (χ4n) is 2.85. The number of nitrogens with one attached hydrogen (secondary N) is 1. The Morgan fingerprint density at radius 3 is 2.27 bits per heavy atom. The summed E-state index contributed by atoms with van der Waals surface area (Å²) in [7, 11) is -3.42. The Kier molecular flexibility index (Phi) is 5.25. The number of thioether (sulfide) groups is 1. The highest BCUT2D eigenvalue weighted by Gasteiger charge is 2.35. The van der Waals surface area contributed by atoms with Crippen LogP contribution in [0.4, 0.5) is 0 Å². The van der Waals surface area contributed by atoms with Crippen LogP contribution >= 0.6 is 11.8 Å². The van der Waals surface area contributed by atoms with Crippen molar-refractivity contribution in [3.63, 3.8) is 0 Å². The predicted octanol–water partition coefficient (Wildman–Crippen LogP) is -1.63. The minimum atomic E-state index is -3.42. The quantitative estimate of drug-likeness (QED) is 0.658. The lowest BCUT2D eigenvalue weighted by Crippen LogP contribution is -2.57. The van der Waals surface area contributed by atoms with E-state index in [9.17, 15) is 13.2 Å². The molecule has 0 saturated carbocycles. The molecule has 0 aromatic rings. The third-order valence-electron chi connectivity index (χ3n) is 4.19. The number of carbonyl (C=O) groups is 1. The molecule has 3 saturated heterocycles. The van der Waals surface area contributed by atoms with Crippen LogP contribution in [0, 0.1) is 0 Å². The number of rotatable bonds is 3. The third-order valence-corrected chi connectivity index (χ3v) is 7.16. The van der Waals surface area contributed by atoms with Gasteiger partial charge < -0.3 is 9.64 Å². The SMILES string of the molecule is O=C(C1CSCN1)N1CCN(S(=O)(=O)N2CCOCC2)CC1. The molecular formula is C12H22N4O4S2. The number of morpholine rings is 1. The van der Waals surface area contributed by atoms with Crippen molar-refractivity contribution in [2.45, 2.75) is 6.04 Å². The molecule has 10 heteroatoms. The lowest BCUT2D eigenvalue weighted by atomic mass is 10.2. The minimum absolute atomic E-state index is 0.0911. The zero-order valence-corrected chi connectivity index (χ0v) is 14.1. The molecule has 126 valence electrons. The molecule has 1 N–H and O–H groups in total. The number of ether oxygens (including phenoxy) is 1. The number of hydrogen-bond donors (Lipinski definition) is 1. The molecule has 0 aromatic carbocycles. The van der Waals surface area contributed by atoms with Crippen molar-refractivity contribution in [1.82, 2.24) is 18.8 Å². The first kappa shape index (κ1) is 16.5. The van der Waals surface area contributed by atoms with Gasteiger partial charge in [0.15, 0.2) is 0 Å². The molecule has 0 spiro atoms. The lowest BCUT2D eigenvalue weighted by molar-refractivity contribution is -0.133. The Labute approximate surface area is 135 Å². The molecule has 1 atom stereocenters. The van der Waals surface area contributed by atoms with Gasteiger partial charge in [0.25, 0.3) is 10.2 Å². The van der Waals surface area contributed by atoms with Gasteiger partial charge in [0.1, 0.15) is 0 Å². The highest BCUT2D eigenvalue weighted by atomic mass is 32.2. The number of hydrogen-bond acceptors (Lipinski definition) is 6. The van der Waals surface area contributed by atoms with Gasteiger partial charge >= 0.3 is 0 Å². The van der Waals surface area contributed by atoms with Crippen molar-refractivity contribution >= 4 is 27.9 Å². The monoisotopic (exact) mass is 350 g/mol. The molecule has 0 aromatic heterocycles. The predicted molar refractivity (Wildman–Crippen MR) is 83.7 cm³/mol. The summed E-state index contributed by atoms with van der Waals surface area (Å²) < 4.78 is 33.3. The van der Waals surface area contributed by atoms with E-state index in [2.05, 4.69) is 5.32 Å². The van der Waals surface area contributed by atoms with E-state index >= 15 is 0 Å². The zero-order valence-electron chi connectivity index (χ0n) is 12.4. The van der Waals surface area contributed by atoms with Crippen LogP contribution in [0.25, 0.3) is 0 Å². The first-order valence-corrected chi connectivity index (χ1v) is 10.1. The molecule has 1 amide bonds. The molecule has 0 bridgehead atoms. The second-order valence-corrected chi connectivity index (χ2v) is 8.47. The van der Waals surface area contributed by atoms with Crippen LogP contribution in [0.1, 0.15) is 0 Å². The van der Waals surface area contributed by atoms with Crippen molar-refractivity contribution < 1.29 is 17.9 Å². The van der Waals surface area contributed by atoms with Crippen LogP contribution < -0.4 is 5.32 Å². The minimum Gasteiger partial charge on any atom is -0.379 e. The Bertz CT molecular complexity index is 495. The standard InChI is InChI=1S/C12H22N4O4S2/c17-12(11-9-21-10-13-11)14-1-3-15(4-2-14)22(18,19)16-5-7-20-8-6-16/h11,13H,1-10H2. The molecule has 3 rings (SSSR count). The van der Waals surface area contributed by atoms with Gasteiger partial charge in [0.05, 0.1) is 19.3 Å². The molecule has 8 nitrogen and oxygen atoms in total. The maximum absolute atomic E-state index is 12.6. The Morgan fingerprint density at radius 1 is 1.05 bits per heavy atom. The van der Waals surface area contributed by atoms with E-state index in [1.54, 1.807) is 16.7 Å². The van der Waals surface area contributed by atoms with Crippen LogP contribution in [0.15, 0.2) is 0 Å². The van der Waals surface area contributed by atoms with Crippen molar-refractivity contribution in [2.24, 2.45) is 0 Å². The van der Waals surface area contributed by atoms with Crippen LogP contribution in [-0.2, 0) is 19.7 Å². The molecule has 3 aliphatic rings. The second kappa shape index (κ2) is 7.02. The lowest BCUT2D eigenvalue weighted by Gasteiger charge is -2.38. The smallest absolute Gasteiger partial charge is 0.282 e. The van der Waals surface area contributed by atoms with Crippen molar-refractivity contribution in [3.8, 4) is 0 Å². The van der Waals surface area contributed by atoms with Crippen molar-refractivity contribution in [3.05, 3.63) is 0 Å². The Hall–Kier alpha value is -0.390. The van der Waals surface area contributed by atoms with Crippen LogP contribution in [0.2, 0.25) is 0 Å². The van der Waals surface area contributed by atoms with E-state index < -0.39 is 10.2 Å². The molecule has 22 heavy (non-hydrogen) atoms. The van der Waals surface area contributed by atoms with Gasteiger partial charge in [-0.2, -0.15) is 17.0 Å². The number of amides is 1. The topological polar surface area (TPSA) is 82.2 Å². The highest BCUT2D eigenvalue weighted by molar-refractivity contribution is 7.99. The molecule has 3 fully saturated rings. The van der Waals surface area contributed by atoms with E-state index in [1.165, 1.54) is 8.61 Å². The summed E-state index contributed by atoms with van der Waals surface area (Å²) in [6.45, 7) is 3.37. The fourth-order valence-corrected chi connectivity index (χ4v) is 5.35. The van der Waals surface area contributed by atoms with E-state index in [0.29, 0.717) is 52.5 Å². The van der Waals surface area contributed by atoms with Gasteiger partial charge in [0, 0.05) is 50.9 Å². The zero-order chi connectivity index (χ0) is 15.6. The Balaban J connectivity index is 1.55. The maximum Gasteiger partial charge on any atom is 0.282 e. The molecule has 3 heterocycles. The molecule has 3 aliphatic heterocycles. The maximum atomic E-state index is 12.6. The van der Waals surface area contributed by atoms with E-state index in [0.717, 1.165) is 11.6 Å². The molecule has 0 aliphatic carbocycles. The summed E-state index contributed by atoms with van der Waals surface area (Å²) in [6, 6.07) is -0.118. The molecular weight excluding hydrogens is 328 g/mol. The number of carbonyl (C=O) groups excluding carboxylic acids is 1. The van der Waals surface area contributed by atoms with Crippen molar-refractivity contribution in [2.75, 3.05) is 64.1 Å². The highest BCUT2D eigenvalue weighted by Crippen LogP contribution is 2.16. The average Bonchev–Trinajstić information content (AvgIpc) is 3.09. The number of piperazine rings is 1. The summed E-state index contributed by atoms with van der Waals surface area (Å²) in [5.74, 6) is 1.70. The third kappa shape index (κ3) is 3.41. The van der Waals surface area contributed by atoms with Gasteiger partial charge in [-0.05, 0) is 0 Å². The number of nitrogens with zero attached hydrogens (tertiary/aromatic N) is 3. The summed E-state index contributed by atoms with van der Waals surface area (Å²) in [4.78, 5) is 14.1. The average molecular weight is 350 g/mol. The molecule has 1 unspecified atom stereocenters. The van der Waals surface area contributed by atoms with Gasteiger partial charge in [-0.25, -0.2) is 0 Å². The summed E-state index contributed by atoms with van der Waals surface area (Å²) in [5.41, 5.74) is 0. The normalized spacial score (nSPS) is 28.9. The van der Waals surface area contributed by atoms with Crippen molar-refractivity contribution in [1.29, 1.82) is 0 Å². The molecule has 0 radical (unpaired) electrons. The fraction of sp³-hybridized carbons (Fsp3) is 0.917. The largest absolute Gasteiger partial charge is 0.379 e. The van der Waals surface area contributed by atoms with E-state index in [-0.39, 0.29) is 11.9 Å². The van der Waals surface area contributed by atoms with Crippen LogP contribution in [-0.4, -0.2) is 98.0 Å². The Morgan fingerprint density at radius 2 is 1.68 bits per heavy atom. The summed E-state index contributed by atoms with van der Waals surface area (Å²) >= 11 is 1.71. The van der Waals surface area contributed by atoms with E-state index in [4.69, 9.17) is 4.74 Å². The van der Waals surface area contributed by atoms with Crippen LogP contribution in [0.5, 0.6) is 0 Å².